The highest BCUT2D eigenvalue weighted by Crippen LogP contribution is 2.47. The Labute approximate surface area is 183 Å². The minimum atomic E-state index is -0.983. The number of nitro benzene ring substituents is 1. The summed E-state index contributed by atoms with van der Waals surface area (Å²) in [5.41, 5.74) is 2.73. The van der Waals surface area contributed by atoms with Gasteiger partial charge in [0.2, 0.25) is 5.91 Å². The topological polar surface area (TPSA) is 93.0 Å². The predicted molar refractivity (Wildman–Crippen MR) is 117 cm³/mol. The molecule has 160 valence electrons. The fourth-order valence-electron chi connectivity index (χ4n) is 4.37. The molecule has 2 fully saturated rings. The highest BCUT2D eigenvalue weighted by molar-refractivity contribution is 6.23. The first-order valence-corrected chi connectivity index (χ1v) is 10.2. The number of anilines is 2. The second kappa shape index (κ2) is 7.58. The van der Waals surface area contributed by atoms with E-state index in [1.54, 1.807) is 35.4 Å². The Kier molecular flexibility index (Phi) is 4.71. The number of imide groups is 1. The molecule has 0 aromatic heterocycles. The second-order valence-corrected chi connectivity index (χ2v) is 7.86. The van der Waals surface area contributed by atoms with Crippen molar-refractivity contribution in [1.29, 1.82) is 0 Å². The van der Waals surface area contributed by atoms with Crippen LogP contribution in [0.5, 0.6) is 0 Å². The molecule has 0 N–H and O–H groups in total. The number of para-hydroxylation sites is 1. The van der Waals surface area contributed by atoms with Gasteiger partial charge < -0.3 is 0 Å². The molecule has 32 heavy (non-hydrogen) atoms. The number of aryl methyl sites for hydroxylation is 1. The van der Waals surface area contributed by atoms with Crippen LogP contribution in [0, 0.1) is 23.0 Å². The third-order valence-corrected chi connectivity index (χ3v) is 5.83. The number of carbonyl (C=O) groups is 2. The minimum Gasteiger partial charge on any atom is -0.273 e. The standard InChI is InChI=1S/C24H19N3O5/c1-15-6-5-9-19(14-15)25-23(28)20-21(16-10-12-18(13-11-16)27(30)31)26(32-22(20)24(25)29)17-7-3-2-4-8-17/h2-14,20-22H,1H3/t20-,21-,22+/m0/s1. The van der Waals surface area contributed by atoms with Gasteiger partial charge in [-0.1, -0.05) is 42.5 Å². The zero-order valence-corrected chi connectivity index (χ0v) is 17.1. The molecule has 0 spiro atoms. The number of benzene rings is 3. The molecule has 5 rings (SSSR count). The predicted octanol–water partition coefficient (Wildman–Crippen LogP) is 3.95. The Morgan fingerprint density at radius 1 is 0.875 bits per heavy atom. The van der Waals surface area contributed by atoms with Crippen molar-refractivity contribution in [3.8, 4) is 0 Å². The number of hydrogen-bond acceptors (Lipinski definition) is 6. The summed E-state index contributed by atoms with van der Waals surface area (Å²) in [5, 5.41) is 12.7. The molecule has 2 aliphatic rings. The monoisotopic (exact) mass is 429 g/mol. The van der Waals surface area contributed by atoms with Crippen LogP contribution in [0.2, 0.25) is 0 Å². The van der Waals surface area contributed by atoms with Crippen molar-refractivity contribution in [3.63, 3.8) is 0 Å². The van der Waals surface area contributed by atoms with E-state index in [0.717, 1.165) is 5.56 Å². The van der Waals surface area contributed by atoms with E-state index in [9.17, 15) is 19.7 Å². The number of non-ortho nitro benzene ring substituents is 1. The van der Waals surface area contributed by atoms with Crippen LogP contribution in [0.4, 0.5) is 17.1 Å². The summed E-state index contributed by atoms with van der Waals surface area (Å²) in [6.45, 7) is 1.89. The van der Waals surface area contributed by atoms with E-state index in [1.807, 2.05) is 43.3 Å². The average molecular weight is 429 g/mol. The summed E-state index contributed by atoms with van der Waals surface area (Å²) in [6.07, 6.45) is -0.983. The lowest BCUT2D eigenvalue weighted by Crippen LogP contribution is -2.37. The molecule has 0 aliphatic carbocycles. The maximum atomic E-state index is 13.5. The van der Waals surface area contributed by atoms with Crippen molar-refractivity contribution in [2.24, 2.45) is 5.92 Å². The number of fused-ring (bicyclic) bond motifs is 1. The van der Waals surface area contributed by atoms with Crippen molar-refractivity contribution < 1.29 is 19.3 Å². The van der Waals surface area contributed by atoms with Gasteiger partial charge in [-0.15, -0.1) is 0 Å². The highest BCUT2D eigenvalue weighted by atomic mass is 16.7. The first-order valence-electron chi connectivity index (χ1n) is 10.2. The number of nitro groups is 1. The summed E-state index contributed by atoms with van der Waals surface area (Å²) >= 11 is 0. The van der Waals surface area contributed by atoms with E-state index < -0.39 is 28.9 Å². The molecule has 3 aromatic rings. The SMILES string of the molecule is Cc1cccc(N2C(=O)[C@@H]3[C@@H](ON(c4ccccc4)[C@H]3c3ccc([N+](=O)[O-])cc3)C2=O)c1. The van der Waals surface area contributed by atoms with Gasteiger partial charge in [0, 0.05) is 12.1 Å². The number of hydrogen-bond donors (Lipinski definition) is 0. The van der Waals surface area contributed by atoms with E-state index in [2.05, 4.69) is 0 Å². The van der Waals surface area contributed by atoms with Gasteiger partial charge in [-0.3, -0.25) is 24.5 Å². The molecule has 0 bridgehead atoms. The second-order valence-electron chi connectivity index (χ2n) is 7.86. The fraction of sp³-hybridized carbons (Fsp3) is 0.167. The molecular weight excluding hydrogens is 410 g/mol. The number of rotatable bonds is 4. The Morgan fingerprint density at radius 2 is 1.56 bits per heavy atom. The number of amides is 2. The smallest absolute Gasteiger partial charge is 0.269 e. The summed E-state index contributed by atoms with van der Waals surface area (Å²) < 4.78 is 0. The number of carbonyl (C=O) groups excluding carboxylic acids is 2. The molecule has 3 atom stereocenters. The van der Waals surface area contributed by atoms with E-state index in [-0.39, 0.29) is 11.6 Å². The van der Waals surface area contributed by atoms with Crippen LogP contribution in [0.3, 0.4) is 0 Å². The van der Waals surface area contributed by atoms with Gasteiger partial charge in [0.05, 0.1) is 22.3 Å². The maximum Gasteiger partial charge on any atom is 0.269 e. The first-order chi connectivity index (χ1) is 15.5. The lowest BCUT2D eigenvalue weighted by molar-refractivity contribution is -0.384. The van der Waals surface area contributed by atoms with Gasteiger partial charge in [-0.05, 0) is 42.3 Å². The van der Waals surface area contributed by atoms with Crippen LogP contribution >= 0.6 is 0 Å². The van der Waals surface area contributed by atoms with E-state index >= 15 is 0 Å². The maximum absolute atomic E-state index is 13.5. The van der Waals surface area contributed by atoms with Crippen molar-refractivity contribution in [2.75, 3.05) is 9.96 Å². The molecule has 0 unspecified atom stereocenters. The lowest BCUT2D eigenvalue weighted by Gasteiger charge is -2.28. The van der Waals surface area contributed by atoms with Crippen molar-refractivity contribution >= 4 is 28.9 Å². The molecule has 8 nitrogen and oxygen atoms in total. The Bertz CT molecular complexity index is 1210. The number of hydroxylamine groups is 1. The van der Waals surface area contributed by atoms with Crippen LogP contribution in [-0.4, -0.2) is 22.8 Å². The van der Waals surface area contributed by atoms with Crippen LogP contribution in [-0.2, 0) is 14.4 Å². The number of nitrogens with zero attached hydrogens (tertiary/aromatic N) is 3. The molecule has 2 saturated heterocycles. The van der Waals surface area contributed by atoms with Gasteiger partial charge in [-0.2, -0.15) is 0 Å². The molecule has 2 heterocycles. The van der Waals surface area contributed by atoms with Crippen LogP contribution in [0.25, 0.3) is 0 Å². The molecule has 2 aliphatic heterocycles. The summed E-state index contributed by atoms with van der Waals surface area (Å²) in [4.78, 5) is 44.7. The summed E-state index contributed by atoms with van der Waals surface area (Å²) in [5.74, 6) is -1.56. The van der Waals surface area contributed by atoms with Crippen LogP contribution in [0.15, 0.2) is 78.9 Å². The van der Waals surface area contributed by atoms with E-state index in [4.69, 9.17) is 4.84 Å². The highest BCUT2D eigenvalue weighted by Gasteiger charge is 2.60. The fourth-order valence-corrected chi connectivity index (χ4v) is 4.37. The lowest BCUT2D eigenvalue weighted by atomic mass is 9.90. The third-order valence-electron chi connectivity index (χ3n) is 5.83. The van der Waals surface area contributed by atoms with Crippen molar-refractivity contribution in [1.82, 2.24) is 0 Å². The zero-order valence-electron chi connectivity index (χ0n) is 17.1. The Balaban J connectivity index is 1.58. The van der Waals surface area contributed by atoms with E-state index in [0.29, 0.717) is 16.9 Å². The molecule has 8 heteroatoms. The summed E-state index contributed by atoms with van der Waals surface area (Å²) in [6, 6.07) is 21.8. The minimum absolute atomic E-state index is 0.0503. The normalized spacial score (nSPS) is 22.3. The molecule has 3 aromatic carbocycles. The van der Waals surface area contributed by atoms with Gasteiger partial charge >= 0.3 is 0 Å². The molecular formula is C24H19N3O5. The van der Waals surface area contributed by atoms with Crippen LogP contribution in [0.1, 0.15) is 17.2 Å². The summed E-state index contributed by atoms with van der Waals surface area (Å²) in [7, 11) is 0. The largest absolute Gasteiger partial charge is 0.273 e. The third kappa shape index (κ3) is 3.12. The van der Waals surface area contributed by atoms with Crippen molar-refractivity contribution in [2.45, 2.75) is 19.1 Å². The van der Waals surface area contributed by atoms with E-state index in [1.165, 1.54) is 17.0 Å². The van der Waals surface area contributed by atoms with Crippen molar-refractivity contribution in [3.05, 3.63) is 100 Å². The average Bonchev–Trinajstić information content (AvgIpc) is 3.30. The van der Waals surface area contributed by atoms with Gasteiger partial charge in [0.15, 0.2) is 6.10 Å². The Morgan fingerprint density at radius 3 is 2.22 bits per heavy atom. The quantitative estimate of drug-likeness (QED) is 0.354. The Hall–Kier alpha value is -4.04. The van der Waals surface area contributed by atoms with Crippen LogP contribution < -0.4 is 9.96 Å². The van der Waals surface area contributed by atoms with Gasteiger partial charge in [0.1, 0.15) is 5.92 Å². The van der Waals surface area contributed by atoms with Gasteiger partial charge in [-0.25, -0.2) is 9.96 Å². The molecule has 2 amide bonds. The zero-order chi connectivity index (χ0) is 22.4. The first kappa shape index (κ1) is 19.9. The molecule has 0 saturated carbocycles. The van der Waals surface area contributed by atoms with Gasteiger partial charge in [0.25, 0.3) is 11.6 Å². The molecule has 0 radical (unpaired) electrons.